The first-order valence-electron chi connectivity index (χ1n) is 9.27. The van der Waals surface area contributed by atoms with Crippen molar-refractivity contribution >= 4 is 3.27 Å². The van der Waals surface area contributed by atoms with Gasteiger partial charge in [-0.05, 0) is 0 Å². The van der Waals surface area contributed by atoms with Gasteiger partial charge in [0.1, 0.15) is 0 Å². The van der Waals surface area contributed by atoms with Crippen LogP contribution in [-0.4, -0.2) is 0 Å². The van der Waals surface area contributed by atoms with Crippen LogP contribution in [0.2, 0.25) is 0 Å². The smallest absolute Gasteiger partial charge is 1.00 e. The van der Waals surface area contributed by atoms with Gasteiger partial charge in [-0.15, -0.1) is 0 Å². The summed E-state index contributed by atoms with van der Waals surface area (Å²) in [5.41, 5.74) is 9.50. The molecule has 0 nitrogen and oxygen atoms in total. The van der Waals surface area contributed by atoms with Crippen LogP contribution in [0.4, 0.5) is 0 Å². The largest absolute Gasteiger partial charge is 1.00 e. The Balaban J connectivity index is 0.00000131. The molecule has 27 heavy (non-hydrogen) atoms. The molecular formula is C24H26Cl2Zr. The molecule has 2 aromatic rings. The van der Waals surface area contributed by atoms with E-state index in [1.54, 1.807) is 23.3 Å². The van der Waals surface area contributed by atoms with Gasteiger partial charge in [-0.3, -0.25) is 0 Å². The van der Waals surface area contributed by atoms with Crippen LogP contribution in [0, 0.1) is 11.3 Å². The number of benzene rings is 2. The van der Waals surface area contributed by atoms with Crippen LogP contribution in [0.1, 0.15) is 45.7 Å². The molecule has 0 spiro atoms. The molecule has 4 rings (SSSR count). The number of hydrogen-bond donors (Lipinski definition) is 0. The van der Waals surface area contributed by atoms with E-state index in [2.05, 4.69) is 83.2 Å². The second-order valence-electron chi connectivity index (χ2n) is 8.45. The minimum absolute atomic E-state index is 0. The van der Waals surface area contributed by atoms with Gasteiger partial charge in [0.05, 0.1) is 0 Å². The summed E-state index contributed by atoms with van der Waals surface area (Å²) in [7, 11) is 0. The van der Waals surface area contributed by atoms with E-state index in [4.69, 9.17) is 0 Å². The molecule has 0 radical (unpaired) electrons. The topological polar surface area (TPSA) is 0 Å². The van der Waals surface area contributed by atoms with Crippen molar-refractivity contribution in [3.63, 3.8) is 0 Å². The third-order valence-corrected chi connectivity index (χ3v) is 10.1. The molecule has 2 aliphatic rings. The third kappa shape index (κ3) is 4.07. The molecule has 0 fully saturated rings. The number of rotatable bonds is 2. The number of allylic oxidation sites excluding steroid dienone is 4. The molecular weight excluding hydrogens is 450 g/mol. The molecule has 1 unspecified atom stereocenters. The van der Waals surface area contributed by atoms with E-state index in [9.17, 15) is 0 Å². The first kappa shape index (κ1) is 22.7. The van der Waals surface area contributed by atoms with E-state index in [-0.39, 0.29) is 30.2 Å². The van der Waals surface area contributed by atoms with Gasteiger partial charge in [-0.2, -0.15) is 0 Å². The molecule has 0 saturated heterocycles. The van der Waals surface area contributed by atoms with Crippen molar-refractivity contribution < 1.29 is 48.0 Å². The van der Waals surface area contributed by atoms with Gasteiger partial charge >= 0.3 is 164 Å². The minimum atomic E-state index is -0.767. The molecule has 0 heterocycles. The Kier molecular flexibility index (Phi) is 7.05. The second kappa shape index (κ2) is 8.40. The molecule has 2 aromatic carbocycles. The summed E-state index contributed by atoms with van der Waals surface area (Å²) in [4.78, 5) is 0. The van der Waals surface area contributed by atoms with E-state index in [1.807, 2.05) is 0 Å². The Labute approximate surface area is 187 Å². The van der Waals surface area contributed by atoms with Crippen molar-refractivity contribution in [2.24, 2.45) is 11.3 Å². The molecule has 2 aliphatic carbocycles. The monoisotopic (exact) mass is 474 g/mol. The number of hydrogen-bond acceptors (Lipinski definition) is 0. The Morgan fingerprint density at radius 3 is 2.26 bits per heavy atom. The SMILES string of the molecule is CC1=[C]([Zr+2][c]2cccc3c2Cc2ccccc2-3)C(C)C=C1C(C)(C)C.[Cl-].[Cl-]. The van der Waals surface area contributed by atoms with E-state index in [1.165, 1.54) is 16.7 Å². The summed E-state index contributed by atoms with van der Waals surface area (Å²) < 4.78 is 3.46. The predicted octanol–water partition coefficient (Wildman–Crippen LogP) is -0.130. The van der Waals surface area contributed by atoms with E-state index in [0.29, 0.717) is 5.92 Å². The quantitative estimate of drug-likeness (QED) is 0.484. The van der Waals surface area contributed by atoms with Crippen molar-refractivity contribution in [2.45, 2.75) is 41.0 Å². The zero-order valence-electron chi connectivity index (χ0n) is 16.7. The second-order valence-corrected chi connectivity index (χ2v) is 11.7. The summed E-state index contributed by atoms with van der Waals surface area (Å²) in [6.07, 6.45) is 3.66. The molecule has 0 aromatic heterocycles. The first-order valence-corrected chi connectivity index (χ1v) is 11.7. The molecule has 0 N–H and O–H groups in total. The summed E-state index contributed by atoms with van der Waals surface area (Å²) in [5.74, 6) is 0.625. The van der Waals surface area contributed by atoms with Gasteiger partial charge in [-0.1, -0.05) is 0 Å². The third-order valence-electron chi connectivity index (χ3n) is 5.61. The molecule has 0 bridgehead atoms. The Morgan fingerprint density at radius 2 is 1.59 bits per heavy atom. The van der Waals surface area contributed by atoms with Crippen molar-refractivity contribution in [1.82, 2.24) is 0 Å². The average Bonchev–Trinajstić information content (AvgIpc) is 3.08. The maximum Gasteiger partial charge on any atom is -1.00 e. The van der Waals surface area contributed by atoms with Crippen LogP contribution in [0.3, 0.4) is 0 Å². The van der Waals surface area contributed by atoms with Gasteiger partial charge < -0.3 is 24.8 Å². The van der Waals surface area contributed by atoms with Crippen LogP contribution in [0.5, 0.6) is 0 Å². The Bertz CT molecular complexity index is 916. The van der Waals surface area contributed by atoms with E-state index < -0.39 is 23.2 Å². The molecule has 0 saturated carbocycles. The summed E-state index contributed by atoms with van der Waals surface area (Å²) in [6.45, 7) is 11.8. The summed E-state index contributed by atoms with van der Waals surface area (Å²) >= 11 is -0.767. The normalized spacial score (nSPS) is 17.4. The number of halogens is 2. The van der Waals surface area contributed by atoms with Crippen LogP contribution >= 0.6 is 0 Å². The number of fused-ring (bicyclic) bond motifs is 3. The fourth-order valence-corrected chi connectivity index (χ4v) is 8.01. The van der Waals surface area contributed by atoms with Gasteiger partial charge in [-0.25, -0.2) is 0 Å². The van der Waals surface area contributed by atoms with Gasteiger partial charge in [0.2, 0.25) is 0 Å². The first-order chi connectivity index (χ1) is 11.9. The minimum Gasteiger partial charge on any atom is -1.00 e. The average molecular weight is 477 g/mol. The Hall–Kier alpha value is -0.617. The van der Waals surface area contributed by atoms with Crippen molar-refractivity contribution in [3.05, 3.63) is 74.1 Å². The predicted molar refractivity (Wildman–Crippen MR) is 104 cm³/mol. The van der Waals surface area contributed by atoms with Gasteiger partial charge in [0.15, 0.2) is 0 Å². The zero-order valence-corrected chi connectivity index (χ0v) is 20.6. The zero-order chi connectivity index (χ0) is 17.8. The van der Waals surface area contributed by atoms with Crippen molar-refractivity contribution in [3.8, 4) is 11.1 Å². The summed E-state index contributed by atoms with van der Waals surface area (Å²) in [6, 6.07) is 16.0. The van der Waals surface area contributed by atoms with Gasteiger partial charge in [0, 0.05) is 0 Å². The molecule has 1 atom stereocenters. The molecule has 0 aliphatic heterocycles. The maximum atomic E-state index is 2.53. The molecule has 3 heteroatoms. The Morgan fingerprint density at radius 1 is 0.926 bits per heavy atom. The standard InChI is InChI=1S/C13H9.C11H17.2ClH.Zr/c1-3-7-12-10(5-1)9-11-6-2-4-8-13(11)12;1-8-6-9(2)10(7-8)11(3,4)5;;;/h1-5,7-8H,9H2;7-8H,1-5H3;2*1H;/q;;;;+2/p-2. The maximum absolute atomic E-state index is 2.53. The van der Waals surface area contributed by atoms with Gasteiger partial charge in [0.25, 0.3) is 0 Å². The fraction of sp³-hybridized carbons (Fsp3) is 0.333. The fourth-order valence-electron chi connectivity index (χ4n) is 4.38. The van der Waals surface area contributed by atoms with Crippen LogP contribution in [0.15, 0.2) is 63.0 Å². The van der Waals surface area contributed by atoms with E-state index in [0.717, 1.165) is 6.42 Å². The van der Waals surface area contributed by atoms with Crippen LogP contribution < -0.4 is 28.1 Å². The molecule has 0 amide bonds. The van der Waals surface area contributed by atoms with Crippen molar-refractivity contribution in [2.75, 3.05) is 0 Å². The molecule has 140 valence electrons. The van der Waals surface area contributed by atoms with Crippen LogP contribution in [-0.2, 0) is 29.7 Å². The van der Waals surface area contributed by atoms with Crippen molar-refractivity contribution in [1.29, 1.82) is 0 Å². The van der Waals surface area contributed by atoms with Crippen LogP contribution in [0.25, 0.3) is 11.1 Å². The van der Waals surface area contributed by atoms with E-state index >= 15 is 0 Å². The summed E-state index contributed by atoms with van der Waals surface area (Å²) in [5, 5.41) is 0.